The molecule has 3 aromatic rings. The zero-order valence-electron chi connectivity index (χ0n) is 13.9. The molecule has 1 N–H and O–H groups in total. The molecule has 1 heterocycles. The molecule has 0 radical (unpaired) electrons. The van der Waals surface area contributed by atoms with Crippen molar-refractivity contribution >= 4 is 23.5 Å². The molecule has 1 aromatic heterocycles. The Balaban J connectivity index is 1.78. The average molecular weight is 355 g/mol. The fraction of sp³-hybridized carbons (Fsp3) is 0.200. The summed E-state index contributed by atoms with van der Waals surface area (Å²) in [7, 11) is 0. The van der Waals surface area contributed by atoms with Crippen LogP contribution in [0.3, 0.4) is 0 Å². The molecule has 4 nitrogen and oxygen atoms in total. The van der Waals surface area contributed by atoms with Crippen molar-refractivity contribution in [3.8, 4) is 17.4 Å². The quantitative estimate of drug-likeness (QED) is 0.569. The Morgan fingerprint density at radius 2 is 2.00 bits per heavy atom. The molecule has 2 aromatic carbocycles. The third-order valence-corrected chi connectivity index (χ3v) is 4.03. The summed E-state index contributed by atoms with van der Waals surface area (Å²) in [6.07, 6.45) is 4.86. The van der Waals surface area contributed by atoms with Crippen LogP contribution in [-0.4, -0.2) is 16.3 Å². The van der Waals surface area contributed by atoms with E-state index < -0.39 is 0 Å². The summed E-state index contributed by atoms with van der Waals surface area (Å²) in [6, 6.07) is 15.2. The van der Waals surface area contributed by atoms with Crippen LogP contribution in [0.5, 0.6) is 5.95 Å². The minimum absolute atomic E-state index is 0.254. The van der Waals surface area contributed by atoms with Gasteiger partial charge in [-0.25, -0.2) is 4.98 Å². The van der Waals surface area contributed by atoms with Crippen LogP contribution in [0.25, 0.3) is 11.5 Å². The number of nitrogens with zero attached hydrogens (tertiary/aromatic N) is 2. The monoisotopic (exact) mass is 354 g/mol. The minimum atomic E-state index is -0.254. The zero-order chi connectivity index (χ0) is 17.6. The van der Waals surface area contributed by atoms with Crippen LogP contribution in [0.15, 0.2) is 57.9 Å². The van der Waals surface area contributed by atoms with Gasteiger partial charge in [0.1, 0.15) is 0 Å². The molecule has 0 spiro atoms. The van der Waals surface area contributed by atoms with E-state index in [4.69, 9.17) is 16.0 Å². The molecular weight excluding hydrogens is 336 g/mol. The summed E-state index contributed by atoms with van der Waals surface area (Å²) in [6.45, 7) is 2.18. The summed E-state index contributed by atoms with van der Waals surface area (Å²) >= 11 is 5.93. The maximum absolute atomic E-state index is 9.95. The number of oxazole rings is 1. The lowest BCUT2D eigenvalue weighted by Crippen LogP contribution is -1.86. The zero-order valence-corrected chi connectivity index (χ0v) is 14.7. The molecule has 0 unspecified atom stereocenters. The molecule has 0 amide bonds. The van der Waals surface area contributed by atoms with E-state index in [9.17, 15) is 5.11 Å². The van der Waals surface area contributed by atoms with Gasteiger partial charge in [-0.15, -0.1) is 0 Å². The van der Waals surface area contributed by atoms with Gasteiger partial charge in [0.15, 0.2) is 5.69 Å². The first-order valence-electron chi connectivity index (χ1n) is 8.24. The predicted octanol–water partition coefficient (Wildman–Crippen LogP) is 5.79. The predicted molar refractivity (Wildman–Crippen MR) is 101 cm³/mol. The number of halogens is 1. The molecule has 5 heteroatoms. The Morgan fingerprint density at radius 3 is 2.72 bits per heavy atom. The number of unbranched alkanes of at least 4 members (excludes halogenated alkanes) is 1. The third-order valence-electron chi connectivity index (χ3n) is 3.80. The smallest absolute Gasteiger partial charge is 0.312 e. The van der Waals surface area contributed by atoms with Crippen LogP contribution >= 0.6 is 11.6 Å². The van der Waals surface area contributed by atoms with E-state index in [2.05, 4.69) is 29.0 Å². The van der Waals surface area contributed by atoms with Gasteiger partial charge in [-0.05, 0) is 48.7 Å². The van der Waals surface area contributed by atoms with E-state index in [-0.39, 0.29) is 11.6 Å². The molecular formula is C20H19ClN2O2. The first-order chi connectivity index (χ1) is 12.2. The minimum Gasteiger partial charge on any atom is -0.479 e. The molecule has 25 heavy (non-hydrogen) atoms. The molecule has 0 aliphatic rings. The van der Waals surface area contributed by atoms with Gasteiger partial charge in [0.25, 0.3) is 0 Å². The highest BCUT2D eigenvalue weighted by atomic mass is 35.5. The van der Waals surface area contributed by atoms with Crippen LogP contribution in [0.2, 0.25) is 5.02 Å². The van der Waals surface area contributed by atoms with Gasteiger partial charge in [0, 0.05) is 10.6 Å². The lowest BCUT2D eigenvalue weighted by atomic mass is 10.1. The number of aromatic hydroxyl groups is 1. The molecule has 0 fully saturated rings. The lowest BCUT2D eigenvalue weighted by molar-refractivity contribution is 0.337. The van der Waals surface area contributed by atoms with Crippen molar-refractivity contribution < 1.29 is 9.52 Å². The van der Waals surface area contributed by atoms with Crippen molar-refractivity contribution in [2.24, 2.45) is 4.99 Å². The van der Waals surface area contributed by atoms with Crippen molar-refractivity contribution in [3.05, 3.63) is 64.8 Å². The number of hydrogen-bond acceptors (Lipinski definition) is 4. The van der Waals surface area contributed by atoms with Gasteiger partial charge in [0.2, 0.25) is 5.89 Å². The highest BCUT2D eigenvalue weighted by Gasteiger charge is 2.12. The van der Waals surface area contributed by atoms with E-state index in [1.54, 1.807) is 12.1 Å². The van der Waals surface area contributed by atoms with Crippen LogP contribution in [-0.2, 0) is 6.42 Å². The van der Waals surface area contributed by atoms with Crippen LogP contribution < -0.4 is 0 Å². The number of aryl methyl sites for hydroxylation is 1. The molecule has 0 atom stereocenters. The Bertz CT molecular complexity index is 870. The van der Waals surface area contributed by atoms with E-state index in [1.165, 1.54) is 24.6 Å². The molecule has 128 valence electrons. The summed E-state index contributed by atoms with van der Waals surface area (Å²) in [5.41, 5.74) is 3.06. The fourth-order valence-electron chi connectivity index (χ4n) is 2.42. The van der Waals surface area contributed by atoms with Gasteiger partial charge in [0.05, 0.1) is 11.9 Å². The van der Waals surface area contributed by atoms with Crippen LogP contribution in [0.1, 0.15) is 31.0 Å². The second-order valence-electron chi connectivity index (χ2n) is 5.75. The van der Waals surface area contributed by atoms with Crippen LogP contribution in [0.4, 0.5) is 5.69 Å². The first-order valence-corrected chi connectivity index (χ1v) is 8.62. The summed E-state index contributed by atoms with van der Waals surface area (Å²) in [5.74, 6) is 0.114. The molecule has 0 bridgehead atoms. The number of aliphatic imine (C=N–C) groups is 1. The van der Waals surface area contributed by atoms with Crippen LogP contribution in [0, 0.1) is 0 Å². The highest BCUT2D eigenvalue weighted by molar-refractivity contribution is 6.30. The molecule has 0 saturated carbocycles. The maximum atomic E-state index is 9.95. The standard InChI is InChI=1S/C20H19ClN2O2/c1-2-3-5-14-8-10-15(11-9-14)19-23-18(20(24)25-19)13-22-17-7-4-6-16(21)12-17/h4,6-13,24H,2-3,5H2,1H3. The van der Waals surface area contributed by atoms with E-state index in [0.29, 0.717) is 16.6 Å². The Labute approximate surface area is 151 Å². The Hall–Kier alpha value is -2.59. The molecule has 3 rings (SSSR count). The third kappa shape index (κ3) is 4.48. The molecule has 0 aliphatic heterocycles. The molecule has 0 saturated heterocycles. The molecule has 0 aliphatic carbocycles. The van der Waals surface area contributed by atoms with Gasteiger partial charge < -0.3 is 9.52 Å². The SMILES string of the molecule is CCCCc1ccc(-c2nc(C=Nc3cccc(Cl)c3)c(O)o2)cc1. The lowest BCUT2D eigenvalue weighted by Gasteiger charge is -2.00. The second-order valence-corrected chi connectivity index (χ2v) is 6.18. The van der Waals surface area contributed by atoms with E-state index in [1.807, 2.05) is 24.3 Å². The van der Waals surface area contributed by atoms with Crippen molar-refractivity contribution in [2.45, 2.75) is 26.2 Å². The van der Waals surface area contributed by atoms with E-state index >= 15 is 0 Å². The first kappa shape index (κ1) is 17.2. The van der Waals surface area contributed by atoms with E-state index in [0.717, 1.165) is 12.0 Å². The normalized spacial score (nSPS) is 11.3. The fourth-order valence-corrected chi connectivity index (χ4v) is 2.60. The summed E-state index contributed by atoms with van der Waals surface area (Å²) < 4.78 is 5.36. The number of benzene rings is 2. The van der Waals surface area contributed by atoms with Gasteiger partial charge in [-0.1, -0.05) is 43.1 Å². The topological polar surface area (TPSA) is 58.6 Å². The van der Waals surface area contributed by atoms with Crippen molar-refractivity contribution in [2.75, 3.05) is 0 Å². The van der Waals surface area contributed by atoms with Gasteiger partial charge in [-0.2, -0.15) is 0 Å². The van der Waals surface area contributed by atoms with Crippen molar-refractivity contribution in [1.29, 1.82) is 0 Å². The number of aromatic nitrogens is 1. The number of hydrogen-bond donors (Lipinski definition) is 1. The summed E-state index contributed by atoms with van der Waals surface area (Å²) in [5, 5.41) is 10.5. The van der Waals surface area contributed by atoms with Crippen molar-refractivity contribution in [3.63, 3.8) is 0 Å². The maximum Gasteiger partial charge on any atom is 0.312 e. The Morgan fingerprint density at radius 1 is 1.20 bits per heavy atom. The van der Waals surface area contributed by atoms with Gasteiger partial charge in [-0.3, -0.25) is 4.99 Å². The largest absolute Gasteiger partial charge is 0.479 e. The van der Waals surface area contributed by atoms with Gasteiger partial charge >= 0.3 is 5.95 Å². The second kappa shape index (κ2) is 7.99. The summed E-state index contributed by atoms with van der Waals surface area (Å²) in [4.78, 5) is 8.57. The Kier molecular flexibility index (Phi) is 5.51. The van der Waals surface area contributed by atoms with Crippen molar-refractivity contribution in [1.82, 2.24) is 4.98 Å². The highest BCUT2D eigenvalue weighted by Crippen LogP contribution is 2.26. The number of rotatable bonds is 6. The average Bonchev–Trinajstić information content (AvgIpc) is 2.99.